The van der Waals surface area contributed by atoms with Crippen molar-refractivity contribution in [3.05, 3.63) is 58.3 Å². The number of thiazole rings is 1. The van der Waals surface area contributed by atoms with Crippen LogP contribution in [0.4, 0.5) is 5.82 Å². The van der Waals surface area contributed by atoms with Crippen molar-refractivity contribution in [3.8, 4) is 11.3 Å². The second-order valence-electron chi connectivity index (χ2n) is 7.99. The van der Waals surface area contributed by atoms with Crippen LogP contribution in [0, 0.1) is 25.7 Å². The van der Waals surface area contributed by atoms with Gasteiger partial charge < -0.3 is 4.90 Å². The minimum Gasteiger partial charge on any atom is -0.355 e. The Labute approximate surface area is 170 Å². The molecule has 0 N–H and O–H groups in total. The van der Waals surface area contributed by atoms with Crippen molar-refractivity contribution in [3.63, 3.8) is 0 Å². The molecule has 0 spiro atoms. The lowest BCUT2D eigenvalue weighted by Gasteiger charge is -2.22. The van der Waals surface area contributed by atoms with Crippen molar-refractivity contribution in [1.82, 2.24) is 19.9 Å². The number of fused-ring (bicyclic) bond motifs is 1. The van der Waals surface area contributed by atoms with Crippen LogP contribution in [-0.2, 0) is 6.54 Å². The molecule has 2 unspecified atom stereocenters. The first-order chi connectivity index (χ1) is 13.7. The first kappa shape index (κ1) is 17.8. The Balaban J connectivity index is 1.21. The zero-order chi connectivity index (χ0) is 19.1. The number of aromatic nitrogens is 3. The van der Waals surface area contributed by atoms with Crippen LogP contribution in [-0.4, -0.2) is 46.0 Å². The third-order valence-electron chi connectivity index (χ3n) is 5.96. The fourth-order valence-electron chi connectivity index (χ4n) is 4.57. The van der Waals surface area contributed by atoms with Gasteiger partial charge in [0.15, 0.2) is 0 Å². The number of nitrogens with zero attached hydrogens (tertiary/aromatic N) is 5. The van der Waals surface area contributed by atoms with E-state index in [0.717, 1.165) is 48.5 Å². The van der Waals surface area contributed by atoms with Crippen molar-refractivity contribution in [2.75, 3.05) is 31.1 Å². The zero-order valence-electron chi connectivity index (χ0n) is 16.4. The molecular formula is C22H25N5S. The highest BCUT2D eigenvalue weighted by Crippen LogP contribution is 2.34. The van der Waals surface area contributed by atoms with E-state index < -0.39 is 0 Å². The maximum atomic E-state index is 4.71. The molecule has 0 bridgehead atoms. The molecule has 0 amide bonds. The molecule has 6 heteroatoms. The van der Waals surface area contributed by atoms with Gasteiger partial charge in [-0.3, -0.25) is 9.88 Å². The standard InChI is InChI=1S/C22H25N5S/c1-15-21(28-16(2)25-15)14-26-10-18-12-27(13-19(18)11-26)22-9-23-20(8-24-22)17-6-4-3-5-7-17/h3-9,18-19H,10-14H2,1-2H3. The summed E-state index contributed by atoms with van der Waals surface area (Å²) in [6.07, 6.45) is 3.84. The van der Waals surface area contributed by atoms with Gasteiger partial charge in [-0.1, -0.05) is 30.3 Å². The molecule has 4 heterocycles. The van der Waals surface area contributed by atoms with E-state index >= 15 is 0 Å². The first-order valence-corrected chi connectivity index (χ1v) is 10.7. The van der Waals surface area contributed by atoms with Gasteiger partial charge in [0.25, 0.3) is 0 Å². The molecule has 2 atom stereocenters. The molecule has 2 aliphatic heterocycles. The van der Waals surface area contributed by atoms with Crippen LogP contribution in [0.25, 0.3) is 11.3 Å². The molecule has 2 fully saturated rings. The van der Waals surface area contributed by atoms with Crippen LogP contribution in [0.2, 0.25) is 0 Å². The van der Waals surface area contributed by atoms with Crippen molar-refractivity contribution in [2.45, 2.75) is 20.4 Å². The molecule has 3 aromatic rings. The third kappa shape index (κ3) is 3.42. The van der Waals surface area contributed by atoms with Crippen molar-refractivity contribution >= 4 is 17.2 Å². The number of hydrogen-bond donors (Lipinski definition) is 0. The van der Waals surface area contributed by atoms with Gasteiger partial charge in [0.2, 0.25) is 0 Å². The van der Waals surface area contributed by atoms with E-state index in [-0.39, 0.29) is 0 Å². The summed E-state index contributed by atoms with van der Waals surface area (Å²) in [5.41, 5.74) is 3.25. The van der Waals surface area contributed by atoms with Crippen molar-refractivity contribution in [2.24, 2.45) is 11.8 Å². The summed E-state index contributed by atoms with van der Waals surface area (Å²) in [6, 6.07) is 10.2. The van der Waals surface area contributed by atoms with Gasteiger partial charge in [0.05, 0.1) is 28.8 Å². The van der Waals surface area contributed by atoms with Crippen molar-refractivity contribution in [1.29, 1.82) is 0 Å². The normalized spacial score (nSPS) is 22.0. The van der Waals surface area contributed by atoms with Gasteiger partial charge in [0, 0.05) is 43.2 Å². The molecule has 0 radical (unpaired) electrons. The molecule has 5 rings (SSSR count). The van der Waals surface area contributed by atoms with Gasteiger partial charge in [0.1, 0.15) is 5.82 Å². The Bertz CT molecular complexity index is 939. The van der Waals surface area contributed by atoms with E-state index in [1.165, 1.54) is 28.7 Å². The fourth-order valence-corrected chi connectivity index (χ4v) is 5.55. The number of anilines is 1. The van der Waals surface area contributed by atoms with E-state index in [4.69, 9.17) is 4.98 Å². The Morgan fingerprint density at radius 2 is 1.71 bits per heavy atom. The molecule has 2 saturated heterocycles. The highest BCUT2D eigenvalue weighted by Gasteiger charge is 2.40. The summed E-state index contributed by atoms with van der Waals surface area (Å²) in [4.78, 5) is 20.4. The first-order valence-electron chi connectivity index (χ1n) is 9.93. The Kier molecular flexibility index (Phi) is 4.61. The number of rotatable bonds is 4. The largest absolute Gasteiger partial charge is 0.355 e. The predicted octanol–water partition coefficient (Wildman–Crippen LogP) is 3.79. The average molecular weight is 392 g/mol. The monoisotopic (exact) mass is 391 g/mol. The molecule has 0 saturated carbocycles. The minimum atomic E-state index is 0.727. The summed E-state index contributed by atoms with van der Waals surface area (Å²) in [5.74, 6) is 2.46. The molecule has 2 aromatic heterocycles. The van der Waals surface area contributed by atoms with E-state index in [0.29, 0.717) is 0 Å². The van der Waals surface area contributed by atoms with E-state index in [1.54, 1.807) is 0 Å². The van der Waals surface area contributed by atoms with Crippen LogP contribution in [0.15, 0.2) is 42.7 Å². The Morgan fingerprint density at radius 1 is 0.964 bits per heavy atom. The van der Waals surface area contributed by atoms with Crippen LogP contribution in [0.5, 0.6) is 0 Å². The van der Waals surface area contributed by atoms with Gasteiger partial charge >= 0.3 is 0 Å². The fraction of sp³-hybridized carbons (Fsp3) is 0.409. The number of hydrogen-bond acceptors (Lipinski definition) is 6. The smallest absolute Gasteiger partial charge is 0.147 e. The predicted molar refractivity (Wildman–Crippen MR) is 114 cm³/mol. The van der Waals surface area contributed by atoms with E-state index in [2.05, 4.69) is 45.7 Å². The van der Waals surface area contributed by atoms with Crippen LogP contribution in [0.1, 0.15) is 15.6 Å². The number of likely N-dealkylation sites (tertiary alicyclic amines) is 1. The molecular weight excluding hydrogens is 366 g/mol. The SMILES string of the molecule is Cc1nc(C)c(CN2CC3CN(c4cnc(-c5ccccc5)cn4)CC3C2)s1. The average Bonchev–Trinajstić information content (AvgIpc) is 3.36. The van der Waals surface area contributed by atoms with Gasteiger partial charge in [-0.15, -0.1) is 11.3 Å². The van der Waals surface area contributed by atoms with Crippen LogP contribution < -0.4 is 4.90 Å². The quantitative estimate of drug-likeness (QED) is 0.677. The van der Waals surface area contributed by atoms with Crippen molar-refractivity contribution < 1.29 is 0 Å². The molecule has 28 heavy (non-hydrogen) atoms. The van der Waals surface area contributed by atoms with Crippen LogP contribution in [0.3, 0.4) is 0 Å². The lowest BCUT2D eigenvalue weighted by molar-refractivity contribution is 0.310. The zero-order valence-corrected chi connectivity index (χ0v) is 17.2. The highest BCUT2D eigenvalue weighted by atomic mass is 32.1. The molecule has 144 valence electrons. The Hall–Kier alpha value is -2.31. The maximum Gasteiger partial charge on any atom is 0.147 e. The molecule has 0 aliphatic carbocycles. The summed E-state index contributed by atoms with van der Waals surface area (Å²) in [5, 5.41) is 1.18. The lowest BCUT2D eigenvalue weighted by Crippen LogP contribution is -2.29. The molecule has 2 aliphatic rings. The summed E-state index contributed by atoms with van der Waals surface area (Å²) < 4.78 is 0. The van der Waals surface area contributed by atoms with Gasteiger partial charge in [-0.05, 0) is 25.7 Å². The van der Waals surface area contributed by atoms with E-state index in [9.17, 15) is 0 Å². The number of benzene rings is 1. The summed E-state index contributed by atoms with van der Waals surface area (Å²) in [6.45, 7) is 9.80. The summed E-state index contributed by atoms with van der Waals surface area (Å²) in [7, 11) is 0. The highest BCUT2D eigenvalue weighted by molar-refractivity contribution is 7.11. The van der Waals surface area contributed by atoms with Crippen LogP contribution >= 0.6 is 11.3 Å². The second-order valence-corrected chi connectivity index (χ2v) is 9.27. The van der Waals surface area contributed by atoms with Gasteiger partial charge in [-0.2, -0.15) is 0 Å². The number of aryl methyl sites for hydroxylation is 2. The minimum absolute atomic E-state index is 0.727. The molecule has 1 aromatic carbocycles. The lowest BCUT2D eigenvalue weighted by atomic mass is 10.0. The molecule has 5 nitrogen and oxygen atoms in total. The topological polar surface area (TPSA) is 45.2 Å². The maximum absolute atomic E-state index is 4.71. The van der Waals surface area contributed by atoms with Gasteiger partial charge in [-0.25, -0.2) is 9.97 Å². The Morgan fingerprint density at radius 3 is 2.32 bits per heavy atom. The summed E-state index contributed by atoms with van der Waals surface area (Å²) >= 11 is 1.84. The second kappa shape index (κ2) is 7.26. The third-order valence-corrected chi connectivity index (χ3v) is 7.02. The van der Waals surface area contributed by atoms with E-state index in [1.807, 2.05) is 41.9 Å².